The number of H-pyrrole nitrogens is 1. The summed E-state index contributed by atoms with van der Waals surface area (Å²) >= 11 is 1.60. The third-order valence-electron chi connectivity index (χ3n) is 4.53. The second-order valence-corrected chi connectivity index (χ2v) is 7.67. The van der Waals surface area contributed by atoms with Crippen LogP contribution in [0.3, 0.4) is 0 Å². The zero-order valence-electron chi connectivity index (χ0n) is 16.1. The van der Waals surface area contributed by atoms with E-state index in [1.54, 1.807) is 18.0 Å². The van der Waals surface area contributed by atoms with Crippen LogP contribution in [0.2, 0.25) is 0 Å². The molecule has 146 valence electrons. The number of carbonyl (C=O) groups excluding carboxylic acids is 1. The van der Waals surface area contributed by atoms with Crippen molar-refractivity contribution in [2.45, 2.75) is 30.5 Å². The fraction of sp³-hybridized carbons (Fsp3) is 0.182. The molecule has 0 aliphatic carbocycles. The highest BCUT2D eigenvalue weighted by Crippen LogP contribution is 2.26. The smallest absolute Gasteiger partial charge is 0.255 e. The molecule has 2 N–H and O–H groups in total. The number of aromatic amines is 1. The van der Waals surface area contributed by atoms with Gasteiger partial charge in [0, 0.05) is 17.0 Å². The Morgan fingerprint density at radius 2 is 1.97 bits per heavy atom. The lowest BCUT2D eigenvalue weighted by Crippen LogP contribution is -2.12. The normalized spacial score (nSPS) is 10.9. The zero-order valence-corrected chi connectivity index (χ0v) is 16.9. The van der Waals surface area contributed by atoms with Crippen LogP contribution in [0.4, 0.5) is 5.69 Å². The van der Waals surface area contributed by atoms with Gasteiger partial charge in [-0.3, -0.25) is 9.89 Å². The van der Waals surface area contributed by atoms with Gasteiger partial charge in [0.1, 0.15) is 11.4 Å². The molecule has 0 saturated carbocycles. The second-order valence-electron chi connectivity index (χ2n) is 6.70. The summed E-state index contributed by atoms with van der Waals surface area (Å²) in [7, 11) is 0. The highest BCUT2D eigenvalue weighted by atomic mass is 32.2. The SMILES string of the molecule is CCCc1ccc(NC(=O)c2cccc(CSc3ncnc4[nH]ncc34)c2)cc1. The topological polar surface area (TPSA) is 83.6 Å². The highest BCUT2D eigenvalue weighted by molar-refractivity contribution is 7.98. The van der Waals surface area contributed by atoms with Crippen LogP contribution < -0.4 is 5.32 Å². The summed E-state index contributed by atoms with van der Waals surface area (Å²) in [5, 5.41) is 11.6. The molecule has 6 nitrogen and oxygen atoms in total. The Hall–Kier alpha value is -3.19. The molecule has 2 aromatic heterocycles. The molecule has 4 rings (SSSR count). The lowest BCUT2D eigenvalue weighted by molar-refractivity contribution is 0.102. The van der Waals surface area contributed by atoms with Gasteiger partial charge in [-0.2, -0.15) is 5.10 Å². The maximum atomic E-state index is 12.6. The number of thioether (sulfide) groups is 1. The summed E-state index contributed by atoms with van der Waals surface area (Å²) in [6.07, 6.45) is 5.41. The van der Waals surface area contributed by atoms with Gasteiger partial charge in [-0.1, -0.05) is 37.6 Å². The monoisotopic (exact) mass is 403 g/mol. The van der Waals surface area contributed by atoms with Crippen LogP contribution >= 0.6 is 11.8 Å². The number of carbonyl (C=O) groups is 1. The van der Waals surface area contributed by atoms with E-state index in [0.29, 0.717) is 11.3 Å². The van der Waals surface area contributed by atoms with Crippen molar-refractivity contribution in [3.8, 4) is 0 Å². The van der Waals surface area contributed by atoms with Gasteiger partial charge < -0.3 is 5.32 Å². The molecule has 0 spiro atoms. The van der Waals surface area contributed by atoms with Gasteiger partial charge in [-0.15, -0.1) is 11.8 Å². The average Bonchev–Trinajstić information content (AvgIpc) is 3.23. The minimum Gasteiger partial charge on any atom is -0.322 e. The van der Waals surface area contributed by atoms with Crippen LogP contribution in [0.25, 0.3) is 11.0 Å². The maximum absolute atomic E-state index is 12.6. The Bertz CT molecular complexity index is 1120. The summed E-state index contributed by atoms with van der Waals surface area (Å²) < 4.78 is 0. The molecular weight excluding hydrogens is 382 g/mol. The predicted molar refractivity (Wildman–Crippen MR) is 116 cm³/mol. The molecule has 0 atom stereocenters. The quantitative estimate of drug-likeness (QED) is 0.340. The molecule has 0 radical (unpaired) electrons. The summed E-state index contributed by atoms with van der Waals surface area (Å²) in [6, 6.07) is 15.7. The minimum absolute atomic E-state index is 0.112. The molecular formula is C22H21N5OS. The standard InChI is InChI=1S/C22H21N5OS/c1-2-4-15-7-9-18(10-8-15)26-21(28)17-6-3-5-16(11-17)13-29-22-19-12-25-27-20(19)23-14-24-22/h3,5-12,14H,2,4,13H2,1H3,(H,26,28)(H,23,24,25,27). The Morgan fingerprint density at radius 3 is 2.79 bits per heavy atom. The number of fused-ring (bicyclic) bond motifs is 1. The Balaban J connectivity index is 1.42. The summed E-state index contributed by atoms with van der Waals surface area (Å²) in [5.74, 6) is 0.587. The van der Waals surface area contributed by atoms with Crippen molar-refractivity contribution in [3.63, 3.8) is 0 Å². The lowest BCUT2D eigenvalue weighted by atomic mass is 10.1. The molecule has 2 heterocycles. The van der Waals surface area contributed by atoms with E-state index in [1.165, 1.54) is 11.9 Å². The molecule has 7 heteroatoms. The molecule has 4 aromatic rings. The van der Waals surface area contributed by atoms with Gasteiger partial charge in [0.25, 0.3) is 5.91 Å². The predicted octanol–water partition coefficient (Wildman–Crippen LogP) is 4.85. The van der Waals surface area contributed by atoms with E-state index in [1.807, 2.05) is 36.4 Å². The molecule has 29 heavy (non-hydrogen) atoms. The lowest BCUT2D eigenvalue weighted by Gasteiger charge is -2.08. The van der Waals surface area contributed by atoms with Gasteiger partial charge in [0.15, 0.2) is 5.65 Å². The average molecular weight is 404 g/mol. The summed E-state index contributed by atoms with van der Waals surface area (Å²) in [6.45, 7) is 2.16. The number of hydrogen-bond acceptors (Lipinski definition) is 5. The number of benzene rings is 2. The van der Waals surface area contributed by atoms with Crippen LogP contribution in [-0.4, -0.2) is 26.1 Å². The zero-order chi connectivity index (χ0) is 20.1. The number of anilines is 1. The fourth-order valence-electron chi connectivity index (χ4n) is 3.06. The van der Waals surface area contributed by atoms with Crippen molar-refractivity contribution >= 4 is 34.4 Å². The van der Waals surface area contributed by atoms with Crippen LogP contribution in [0.15, 0.2) is 66.1 Å². The van der Waals surface area contributed by atoms with Crippen LogP contribution in [0.1, 0.15) is 34.8 Å². The third-order valence-corrected chi connectivity index (χ3v) is 5.60. The van der Waals surface area contributed by atoms with Crippen molar-refractivity contribution in [1.82, 2.24) is 20.2 Å². The third kappa shape index (κ3) is 4.63. The fourth-order valence-corrected chi connectivity index (χ4v) is 3.97. The van der Waals surface area contributed by atoms with E-state index in [-0.39, 0.29) is 5.91 Å². The van der Waals surface area contributed by atoms with Crippen molar-refractivity contribution in [2.75, 3.05) is 5.32 Å². The molecule has 0 fully saturated rings. The number of aromatic nitrogens is 4. The van der Waals surface area contributed by atoms with Crippen LogP contribution in [0, 0.1) is 0 Å². The first kappa shape index (κ1) is 19.1. The molecule has 1 amide bonds. The molecule has 0 unspecified atom stereocenters. The Labute approximate surface area is 173 Å². The Kier molecular flexibility index (Phi) is 5.86. The largest absolute Gasteiger partial charge is 0.322 e. The Morgan fingerprint density at radius 1 is 1.10 bits per heavy atom. The molecule has 0 saturated heterocycles. The summed E-state index contributed by atoms with van der Waals surface area (Å²) in [5.41, 5.74) is 4.49. The van der Waals surface area contributed by atoms with E-state index in [4.69, 9.17) is 0 Å². The van der Waals surface area contributed by atoms with E-state index in [2.05, 4.69) is 44.5 Å². The van der Waals surface area contributed by atoms with Crippen LogP contribution in [0.5, 0.6) is 0 Å². The first-order valence-electron chi connectivity index (χ1n) is 9.49. The van der Waals surface area contributed by atoms with Gasteiger partial charge in [0.2, 0.25) is 0 Å². The van der Waals surface area contributed by atoms with Gasteiger partial charge in [0.05, 0.1) is 11.6 Å². The molecule has 0 aliphatic rings. The number of nitrogens with zero attached hydrogens (tertiary/aromatic N) is 3. The van der Waals surface area contributed by atoms with Crippen molar-refractivity contribution in [1.29, 1.82) is 0 Å². The number of nitrogens with one attached hydrogen (secondary N) is 2. The van der Waals surface area contributed by atoms with Crippen molar-refractivity contribution in [3.05, 3.63) is 77.7 Å². The van der Waals surface area contributed by atoms with Crippen molar-refractivity contribution in [2.24, 2.45) is 0 Å². The second kappa shape index (κ2) is 8.87. The maximum Gasteiger partial charge on any atom is 0.255 e. The van der Waals surface area contributed by atoms with E-state index < -0.39 is 0 Å². The number of aryl methyl sites for hydroxylation is 1. The number of hydrogen-bond donors (Lipinski definition) is 2. The van der Waals surface area contributed by atoms with Gasteiger partial charge in [-0.25, -0.2) is 9.97 Å². The van der Waals surface area contributed by atoms with E-state index in [9.17, 15) is 4.79 Å². The molecule has 0 aliphatic heterocycles. The summed E-state index contributed by atoms with van der Waals surface area (Å²) in [4.78, 5) is 21.1. The molecule has 2 aromatic carbocycles. The number of rotatable bonds is 7. The van der Waals surface area contributed by atoms with Gasteiger partial charge >= 0.3 is 0 Å². The van der Waals surface area contributed by atoms with Gasteiger partial charge in [-0.05, 0) is 41.8 Å². The van der Waals surface area contributed by atoms with Crippen molar-refractivity contribution < 1.29 is 4.79 Å². The van der Waals surface area contributed by atoms with E-state index >= 15 is 0 Å². The van der Waals surface area contributed by atoms with E-state index in [0.717, 1.165) is 40.2 Å². The first-order valence-corrected chi connectivity index (χ1v) is 10.5. The first-order chi connectivity index (χ1) is 14.2. The minimum atomic E-state index is -0.112. The highest BCUT2D eigenvalue weighted by Gasteiger charge is 2.09. The number of amides is 1. The molecule has 0 bridgehead atoms. The van der Waals surface area contributed by atoms with Crippen LogP contribution in [-0.2, 0) is 12.2 Å².